The zero-order chi connectivity index (χ0) is 21.3. The molecular weight excluding hydrogens is 422 g/mol. The molecule has 3 N–H and O–H groups in total. The second-order valence-corrected chi connectivity index (χ2v) is 9.76. The van der Waals surface area contributed by atoms with Gasteiger partial charge in [-0.3, -0.25) is 4.79 Å². The van der Waals surface area contributed by atoms with Crippen molar-refractivity contribution in [2.75, 3.05) is 29.9 Å². The molecule has 0 spiro atoms. The summed E-state index contributed by atoms with van der Waals surface area (Å²) in [4.78, 5) is 23.9. The summed E-state index contributed by atoms with van der Waals surface area (Å²) in [5.41, 5.74) is 3.03. The molecule has 1 fully saturated rings. The highest BCUT2D eigenvalue weighted by molar-refractivity contribution is 7.99. The van der Waals surface area contributed by atoms with Gasteiger partial charge in [-0.1, -0.05) is 0 Å². The summed E-state index contributed by atoms with van der Waals surface area (Å²) in [5, 5.41) is 9.16. The largest absolute Gasteiger partial charge is 0.354 e. The number of benzene rings is 1. The van der Waals surface area contributed by atoms with Crippen molar-refractivity contribution in [3.63, 3.8) is 0 Å². The molecule has 1 aliphatic heterocycles. The molecular formula is C20H21N5O3S2. The van der Waals surface area contributed by atoms with Crippen LogP contribution in [0.15, 0.2) is 47.5 Å². The molecule has 0 aliphatic carbocycles. The van der Waals surface area contributed by atoms with Gasteiger partial charge in [-0.05, 0) is 43.3 Å². The third-order valence-electron chi connectivity index (χ3n) is 4.85. The molecule has 156 valence electrons. The van der Waals surface area contributed by atoms with Crippen LogP contribution in [0.2, 0.25) is 0 Å². The first-order valence-electron chi connectivity index (χ1n) is 9.36. The number of carbonyl (C=O) groups excluding carboxylic acids is 1. The number of aromatic nitrogens is 2. The maximum absolute atomic E-state index is 13.2. The Morgan fingerprint density at radius 3 is 2.50 bits per heavy atom. The van der Waals surface area contributed by atoms with Gasteiger partial charge in [0.2, 0.25) is 10.0 Å². The maximum atomic E-state index is 13.2. The van der Waals surface area contributed by atoms with Crippen molar-refractivity contribution in [2.24, 2.45) is 5.14 Å². The van der Waals surface area contributed by atoms with E-state index in [1.54, 1.807) is 18.3 Å². The molecule has 1 aromatic carbocycles. The third-order valence-corrected chi connectivity index (χ3v) is 6.72. The van der Waals surface area contributed by atoms with E-state index < -0.39 is 10.0 Å². The van der Waals surface area contributed by atoms with Crippen LogP contribution in [0.5, 0.6) is 0 Å². The number of nitrogens with zero attached hydrogens (tertiary/aromatic N) is 3. The van der Waals surface area contributed by atoms with Crippen LogP contribution in [-0.4, -0.2) is 53.8 Å². The van der Waals surface area contributed by atoms with E-state index in [1.165, 1.54) is 12.1 Å². The fraction of sp³-hybridized carbons (Fsp3) is 0.250. The van der Waals surface area contributed by atoms with Gasteiger partial charge in [0.1, 0.15) is 0 Å². The minimum absolute atomic E-state index is 0.0204. The summed E-state index contributed by atoms with van der Waals surface area (Å²) in [7, 11) is -3.78. The molecule has 0 radical (unpaired) electrons. The van der Waals surface area contributed by atoms with E-state index in [-0.39, 0.29) is 10.8 Å². The number of anilines is 2. The highest BCUT2D eigenvalue weighted by atomic mass is 32.2. The lowest BCUT2D eigenvalue weighted by Gasteiger charge is -2.27. The smallest absolute Gasteiger partial charge is 0.257 e. The van der Waals surface area contributed by atoms with E-state index in [1.807, 2.05) is 35.7 Å². The summed E-state index contributed by atoms with van der Waals surface area (Å²) < 4.78 is 23.0. The highest BCUT2D eigenvalue weighted by Gasteiger charge is 2.23. The first-order valence-corrected chi connectivity index (χ1v) is 12.1. The number of primary sulfonamides is 1. The molecule has 3 aromatic rings. The van der Waals surface area contributed by atoms with E-state index in [9.17, 15) is 13.2 Å². The lowest BCUT2D eigenvalue weighted by molar-refractivity contribution is 0.0773. The molecule has 1 amide bonds. The predicted octanol–water partition coefficient (Wildman–Crippen LogP) is 2.52. The van der Waals surface area contributed by atoms with Gasteiger partial charge in [0.15, 0.2) is 5.65 Å². The summed E-state index contributed by atoms with van der Waals surface area (Å²) >= 11 is 1.83. The Morgan fingerprint density at radius 2 is 1.83 bits per heavy atom. The molecule has 1 saturated heterocycles. The zero-order valence-corrected chi connectivity index (χ0v) is 18.0. The number of carbonyl (C=O) groups is 1. The maximum Gasteiger partial charge on any atom is 0.257 e. The van der Waals surface area contributed by atoms with Gasteiger partial charge in [0, 0.05) is 47.6 Å². The monoisotopic (exact) mass is 443 g/mol. The van der Waals surface area contributed by atoms with E-state index in [0.717, 1.165) is 17.2 Å². The molecule has 0 unspecified atom stereocenters. The second-order valence-electron chi connectivity index (χ2n) is 6.97. The number of amides is 1. The molecule has 4 rings (SSSR count). The molecule has 1 aliphatic rings. The topological polar surface area (TPSA) is 118 Å². The van der Waals surface area contributed by atoms with Crippen LogP contribution in [0.25, 0.3) is 11.0 Å². The van der Waals surface area contributed by atoms with Crippen LogP contribution < -0.4 is 10.5 Å². The van der Waals surface area contributed by atoms with Crippen molar-refractivity contribution < 1.29 is 13.2 Å². The summed E-state index contributed by atoms with van der Waals surface area (Å²) in [5.74, 6) is 1.73. The predicted molar refractivity (Wildman–Crippen MR) is 119 cm³/mol. The summed E-state index contributed by atoms with van der Waals surface area (Å²) in [6.07, 6.45) is 1.56. The lowest BCUT2D eigenvalue weighted by Crippen LogP contribution is -2.38. The molecule has 8 nitrogen and oxygen atoms in total. The van der Waals surface area contributed by atoms with Gasteiger partial charge in [0.25, 0.3) is 5.91 Å². The van der Waals surface area contributed by atoms with Crippen molar-refractivity contribution in [3.05, 3.63) is 53.9 Å². The van der Waals surface area contributed by atoms with Crippen molar-refractivity contribution in [1.29, 1.82) is 0 Å². The second kappa shape index (κ2) is 8.21. The Balaban J connectivity index is 1.78. The van der Waals surface area contributed by atoms with Gasteiger partial charge in [-0.25, -0.2) is 23.5 Å². The third kappa shape index (κ3) is 4.25. The Morgan fingerprint density at radius 1 is 1.13 bits per heavy atom. The van der Waals surface area contributed by atoms with Crippen molar-refractivity contribution in [3.8, 4) is 0 Å². The van der Waals surface area contributed by atoms with Crippen LogP contribution in [0.1, 0.15) is 16.1 Å². The van der Waals surface area contributed by atoms with Gasteiger partial charge >= 0.3 is 0 Å². The minimum Gasteiger partial charge on any atom is -0.354 e. The average molecular weight is 444 g/mol. The summed E-state index contributed by atoms with van der Waals surface area (Å²) in [6.45, 7) is 3.26. The number of sulfonamides is 1. The minimum atomic E-state index is -3.78. The Labute approximate surface area is 178 Å². The lowest BCUT2D eigenvalue weighted by atomic mass is 10.1. The standard InChI is InChI=1S/C20H21N5O3S2/c1-13-2-7-16-18(24-14-3-5-15(6-4-14)30(21,27)28)17(12-22-19(16)23-13)20(26)25-8-10-29-11-9-25/h2-7,12H,8-11H2,1H3,(H2,21,27,28)(H,22,23,24). The quantitative estimate of drug-likeness (QED) is 0.636. The zero-order valence-electron chi connectivity index (χ0n) is 16.3. The number of thioether (sulfide) groups is 1. The van der Waals surface area contributed by atoms with E-state index in [4.69, 9.17) is 5.14 Å². The van der Waals surface area contributed by atoms with Crippen LogP contribution in [0.4, 0.5) is 11.4 Å². The number of hydrogen-bond acceptors (Lipinski definition) is 7. The number of aryl methyl sites for hydroxylation is 1. The van der Waals surface area contributed by atoms with Crippen LogP contribution >= 0.6 is 11.8 Å². The number of nitrogens with one attached hydrogen (secondary N) is 1. The number of fused-ring (bicyclic) bond motifs is 1. The van der Waals surface area contributed by atoms with Gasteiger partial charge in [0.05, 0.1) is 16.1 Å². The molecule has 2 aromatic heterocycles. The SMILES string of the molecule is Cc1ccc2c(Nc3ccc(S(N)(=O)=O)cc3)c(C(=O)N3CCSCC3)cnc2n1. The van der Waals surface area contributed by atoms with E-state index in [2.05, 4.69) is 15.3 Å². The number of rotatable bonds is 4. The first-order chi connectivity index (χ1) is 14.3. The molecule has 3 heterocycles. The Hall–Kier alpha value is -2.69. The van der Waals surface area contributed by atoms with Gasteiger partial charge in [-0.2, -0.15) is 11.8 Å². The molecule has 0 bridgehead atoms. The summed E-state index contributed by atoms with van der Waals surface area (Å²) in [6, 6.07) is 9.82. The van der Waals surface area contributed by atoms with Gasteiger partial charge in [-0.15, -0.1) is 0 Å². The molecule has 0 saturated carbocycles. The van der Waals surface area contributed by atoms with Crippen LogP contribution in [0.3, 0.4) is 0 Å². The molecule has 10 heteroatoms. The van der Waals surface area contributed by atoms with Crippen molar-refractivity contribution >= 4 is 50.1 Å². The fourth-order valence-corrected chi connectivity index (χ4v) is 4.70. The van der Waals surface area contributed by atoms with Crippen LogP contribution in [0, 0.1) is 6.92 Å². The number of pyridine rings is 2. The fourth-order valence-electron chi connectivity index (χ4n) is 3.28. The van der Waals surface area contributed by atoms with Gasteiger partial charge < -0.3 is 10.2 Å². The number of hydrogen-bond donors (Lipinski definition) is 2. The average Bonchev–Trinajstić information content (AvgIpc) is 2.73. The molecule has 30 heavy (non-hydrogen) atoms. The normalized spacial score (nSPS) is 14.7. The van der Waals surface area contributed by atoms with Crippen LogP contribution in [-0.2, 0) is 10.0 Å². The highest BCUT2D eigenvalue weighted by Crippen LogP contribution is 2.30. The van der Waals surface area contributed by atoms with E-state index in [0.29, 0.717) is 41.1 Å². The van der Waals surface area contributed by atoms with E-state index >= 15 is 0 Å². The first kappa shape index (κ1) is 20.6. The Bertz CT molecular complexity index is 1210. The van der Waals surface area contributed by atoms with Crippen molar-refractivity contribution in [1.82, 2.24) is 14.9 Å². The Kier molecular flexibility index (Phi) is 5.63. The number of nitrogens with two attached hydrogens (primary N) is 1. The van der Waals surface area contributed by atoms with Crippen molar-refractivity contribution in [2.45, 2.75) is 11.8 Å². The molecule has 0 atom stereocenters.